The van der Waals surface area contributed by atoms with Gasteiger partial charge in [0.05, 0.1) is 11.4 Å². The molecule has 1 atom stereocenters. The first kappa shape index (κ1) is 14.5. The van der Waals surface area contributed by atoms with Gasteiger partial charge in [0.15, 0.2) is 0 Å². The van der Waals surface area contributed by atoms with E-state index in [1.165, 1.54) is 0 Å². The molecule has 106 valence electrons. The molecule has 6 heteroatoms. The second-order valence-corrected chi connectivity index (χ2v) is 6.88. The van der Waals surface area contributed by atoms with Crippen LogP contribution in [0.5, 0.6) is 0 Å². The summed E-state index contributed by atoms with van der Waals surface area (Å²) in [6.07, 6.45) is 1.48. The Hall–Kier alpha value is -0.950. The summed E-state index contributed by atoms with van der Waals surface area (Å²) in [6, 6.07) is 9.01. The van der Waals surface area contributed by atoms with Crippen LogP contribution in [0.2, 0.25) is 0 Å². The zero-order valence-electron chi connectivity index (χ0n) is 10.8. The molecular weight excluding hydrogens is 264 g/mol. The van der Waals surface area contributed by atoms with Gasteiger partial charge in [-0.3, -0.25) is 0 Å². The van der Waals surface area contributed by atoms with Crippen molar-refractivity contribution < 1.29 is 13.5 Å². The lowest BCUT2D eigenvalue weighted by atomic mass is 9.95. The van der Waals surface area contributed by atoms with Crippen LogP contribution < -0.4 is 10.0 Å². The van der Waals surface area contributed by atoms with Gasteiger partial charge in [-0.15, -0.1) is 0 Å². The first-order valence-electron chi connectivity index (χ1n) is 6.44. The third-order valence-corrected chi connectivity index (χ3v) is 4.57. The molecule has 3 N–H and O–H groups in total. The minimum absolute atomic E-state index is 0.0582. The van der Waals surface area contributed by atoms with E-state index >= 15 is 0 Å². The molecule has 0 bridgehead atoms. The Kier molecular flexibility index (Phi) is 4.57. The molecule has 1 unspecified atom stereocenters. The SMILES string of the molecule is O=S(=O)(Cc1ccccc1)NCC1(O)CCCNC1. The van der Waals surface area contributed by atoms with Crippen molar-refractivity contribution in [2.45, 2.75) is 24.2 Å². The molecule has 5 nitrogen and oxygen atoms in total. The van der Waals surface area contributed by atoms with Crippen LogP contribution in [-0.2, 0) is 15.8 Å². The van der Waals surface area contributed by atoms with Crippen molar-refractivity contribution in [3.8, 4) is 0 Å². The lowest BCUT2D eigenvalue weighted by Gasteiger charge is -2.32. The van der Waals surface area contributed by atoms with E-state index in [1.54, 1.807) is 12.1 Å². The van der Waals surface area contributed by atoms with Crippen LogP contribution >= 0.6 is 0 Å². The van der Waals surface area contributed by atoms with Crippen LogP contribution in [0.1, 0.15) is 18.4 Å². The average Bonchev–Trinajstić information content (AvgIpc) is 2.38. The van der Waals surface area contributed by atoms with Gasteiger partial charge in [-0.1, -0.05) is 30.3 Å². The summed E-state index contributed by atoms with van der Waals surface area (Å²) in [5.74, 6) is -0.0582. The third-order valence-electron chi connectivity index (χ3n) is 3.27. The number of hydrogen-bond donors (Lipinski definition) is 3. The van der Waals surface area contributed by atoms with Crippen molar-refractivity contribution in [2.75, 3.05) is 19.6 Å². The van der Waals surface area contributed by atoms with Crippen LogP contribution in [0, 0.1) is 0 Å². The Labute approximate surface area is 114 Å². The largest absolute Gasteiger partial charge is 0.387 e. The second-order valence-electron chi connectivity index (χ2n) is 5.07. The Balaban J connectivity index is 1.91. The molecule has 0 saturated carbocycles. The van der Waals surface area contributed by atoms with E-state index in [1.807, 2.05) is 18.2 Å². The molecule has 0 amide bonds. The summed E-state index contributed by atoms with van der Waals surface area (Å²) in [5, 5.41) is 13.3. The number of benzene rings is 1. The molecule has 1 aliphatic heterocycles. The molecule has 0 spiro atoms. The molecule has 0 radical (unpaired) electrons. The maximum Gasteiger partial charge on any atom is 0.215 e. The van der Waals surface area contributed by atoms with Crippen LogP contribution in [0.15, 0.2) is 30.3 Å². The summed E-state index contributed by atoms with van der Waals surface area (Å²) in [6.45, 7) is 1.37. The van der Waals surface area contributed by atoms with Gasteiger partial charge in [-0.25, -0.2) is 13.1 Å². The Morgan fingerprint density at radius 2 is 2.05 bits per heavy atom. The van der Waals surface area contributed by atoms with Crippen molar-refractivity contribution in [3.05, 3.63) is 35.9 Å². The van der Waals surface area contributed by atoms with Gasteiger partial charge < -0.3 is 10.4 Å². The number of sulfonamides is 1. The van der Waals surface area contributed by atoms with Crippen molar-refractivity contribution in [1.29, 1.82) is 0 Å². The number of aliphatic hydroxyl groups is 1. The van der Waals surface area contributed by atoms with E-state index in [0.717, 1.165) is 18.5 Å². The van der Waals surface area contributed by atoms with Crippen LogP contribution in [-0.4, -0.2) is 38.8 Å². The monoisotopic (exact) mass is 284 g/mol. The highest BCUT2D eigenvalue weighted by Crippen LogP contribution is 2.15. The standard InChI is InChI=1S/C13H20N2O3S/c16-13(7-4-8-14-10-13)11-15-19(17,18)9-12-5-2-1-3-6-12/h1-3,5-6,14-16H,4,7-11H2. The zero-order chi connectivity index (χ0) is 13.8. The van der Waals surface area contributed by atoms with E-state index in [2.05, 4.69) is 10.0 Å². The van der Waals surface area contributed by atoms with Gasteiger partial charge in [0, 0.05) is 13.1 Å². The lowest BCUT2D eigenvalue weighted by molar-refractivity contribution is 0.0218. The normalized spacial score (nSPS) is 24.3. The topological polar surface area (TPSA) is 78.4 Å². The van der Waals surface area contributed by atoms with Crippen molar-refractivity contribution in [2.24, 2.45) is 0 Å². The van der Waals surface area contributed by atoms with Crippen LogP contribution in [0.3, 0.4) is 0 Å². The number of hydrogen-bond acceptors (Lipinski definition) is 4. The van der Waals surface area contributed by atoms with E-state index in [0.29, 0.717) is 13.0 Å². The molecular formula is C13H20N2O3S. The molecule has 2 rings (SSSR count). The van der Waals surface area contributed by atoms with Gasteiger partial charge in [0.25, 0.3) is 0 Å². The smallest absolute Gasteiger partial charge is 0.215 e. The Morgan fingerprint density at radius 1 is 1.32 bits per heavy atom. The zero-order valence-corrected chi connectivity index (χ0v) is 11.6. The molecule has 1 fully saturated rings. The summed E-state index contributed by atoms with van der Waals surface area (Å²) in [4.78, 5) is 0. The first-order valence-corrected chi connectivity index (χ1v) is 8.09. The molecule has 0 aromatic heterocycles. The minimum Gasteiger partial charge on any atom is -0.387 e. The summed E-state index contributed by atoms with van der Waals surface area (Å²) >= 11 is 0. The number of β-amino-alcohol motifs (C(OH)–C–C–N with tert-alkyl or cyclic N) is 1. The predicted molar refractivity (Wildman–Crippen MR) is 74.1 cm³/mol. The van der Waals surface area contributed by atoms with Crippen molar-refractivity contribution >= 4 is 10.0 Å². The lowest BCUT2D eigenvalue weighted by Crippen LogP contribution is -2.52. The number of nitrogens with one attached hydrogen (secondary N) is 2. The molecule has 1 aromatic carbocycles. The maximum atomic E-state index is 11.9. The molecule has 1 saturated heterocycles. The second kappa shape index (κ2) is 6.00. The highest BCUT2D eigenvalue weighted by molar-refractivity contribution is 7.88. The molecule has 1 heterocycles. The molecule has 19 heavy (non-hydrogen) atoms. The fourth-order valence-electron chi connectivity index (χ4n) is 2.19. The van der Waals surface area contributed by atoms with Crippen LogP contribution in [0.25, 0.3) is 0 Å². The quantitative estimate of drug-likeness (QED) is 0.723. The van der Waals surface area contributed by atoms with Gasteiger partial charge in [0.2, 0.25) is 10.0 Å². The summed E-state index contributed by atoms with van der Waals surface area (Å²) in [7, 11) is -3.41. The number of piperidine rings is 1. The first-order chi connectivity index (χ1) is 8.99. The average molecular weight is 284 g/mol. The highest BCUT2D eigenvalue weighted by atomic mass is 32.2. The van der Waals surface area contributed by atoms with E-state index in [9.17, 15) is 13.5 Å². The van der Waals surface area contributed by atoms with E-state index in [-0.39, 0.29) is 12.3 Å². The van der Waals surface area contributed by atoms with Gasteiger partial charge >= 0.3 is 0 Å². The van der Waals surface area contributed by atoms with Crippen LogP contribution in [0.4, 0.5) is 0 Å². The fourth-order valence-corrected chi connectivity index (χ4v) is 3.41. The summed E-state index contributed by atoms with van der Waals surface area (Å²) < 4.78 is 26.4. The minimum atomic E-state index is -3.41. The predicted octanol–water partition coefficient (Wildman–Crippen LogP) is 0.221. The Morgan fingerprint density at radius 3 is 2.68 bits per heavy atom. The third kappa shape index (κ3) is 4.58. The van der Waals surface area contributed by atoms with Crippen molar-refractivity contribution in [3.63, 3.8) is 0 Å². The van der Waals surface area contributed by atoms with E-state index in [4.69, 9.17) is 0 Å². The Bertz CT molecular complexity index is 496. The molecule has 1 aromatic rings. The molecule has 1 aliphatic rings. The maximum absolute atomic E-state index is 11.9. The van der Waals surface area contributed by atoms with E-state index < -0.39 is 15.6 Å². The number of rotatable bonds is 5. The fraction of sp³-hybridized carbons (Fsp3) is 0.538. The highest BCUT2D eigenvalue weighted by Gasteiger charge is 2.30. The summed E-state index contributed by atoms with van der Waals surface area (Å²) in [5.41, 5.74) is -0.231. The van der Waals surface area contributed by atoms with Gasteiger partial charge in [0.1, 0.15) is 0 Å². The van der Waals surface area contributed by atoms with Gasteiger partial charge in [-0.05, 0) is 24.9 Å². The molecule has 0 aliphatic carbocycles. The van der Waals surface area contributed by atoms with Crippen molar-refractivity contribution in [1.82, 2.24) is 10.0 Å². The van der Waals surface area contributed by atoms with Gasteiger partial charge in [-0.2, -0.15) is 0 Å².